The monoisotopic (exact) mass is 288 g/mol. The zero-order valence-electron chi connectivity index (χ0n) is 12.4. The van der Waals surface area contributed by atoms with Crippen molar-refractivity contribution in [3.8, 4) is 0 Å². The average molecular weight is 288 g/mol. The van der Waals surface area contributed by atoms with Crippen LogP contribution < -0.4 is 11.5 Å². The van der Waals surface area contributed by atoms with Crippen LogP contribution in [0.5, 0.6) is 0 Å². The SMILES string of the molecule is Nc1ccc(C=CC=CC=CC=Cc2ccc(N)cc2)cc1. The Morgan fingerprint density at radius 3 is 1.14 bits per heavy atom. The highest BCUT2D eigenvalue weighted by atomic mass is 14.5. The standard InChI is InChI=1S/C20H20N2/c21-19-13-9-17(10-14-19)7-5-3-1-2-4-6-8-18-11-15-20(22)16-12-18/h1-16H,21-22H2. The highest BCUT2D eigenvalue weighted by Crippen LogP contribution is 2.08. The Balaban J connectivity index is 1.79. The molecule has 0 aliphatic rings. The summed E-state index contributed by atoms with van der Waals surface area (Å²) >= 11 is 0. The van der Waals surface area contributed by atoms with Gasteiger partial charge in [0.15, 0.2) is 0 Å². The normalized spacial score (nSPS) is 12.2. The number of anilines is 2. The summed E-state index contributed by atoms with van der Waals surface area (Å²) in [6.45, 7) is 0. The van der Waals surface area contributed by atoms with E-state index in [1.54, 1.807) is 0 Å². The summed E-state index contributed by atoms with van der Waals surface area (Å²) in [7, 11) is 0. The first kappa shape index (κ1) is 15.4. The zero-order chi connectivity index (χ0) is 15.6. The molecule has 0 aliphatic heterocycles. The Labute approximate surface area is 131 Å². The van der Waals surface area contributed by atoms with Gasteiger partial charge in [-0.25, -0.2) is 0 Å². The van der Waals surface area contributed by atoms with Crippen molar-refractivity contribution in [2.24, 2.45) is 0 Å². The molecular formula is C20H20N2. The topological polar surface area (TPSA) is 52.0 Å². The van der Waals surface area contributed by atoms with Gasteiger partial charge in [0.1, 0.15) is 0 Å². The van der Waals surface area contributed by atoms with Crippen LogP contribution in [0.25, 0.3) is 12.2 Å². The zero-order valence-corrected chi connectivity index (χ0v) is 12.4. The van der Waals surface area contributed by atoms with Crippen molar-refractivity contribution < 1.29 is 0 Å². The summed E-state index contributed by atoms with van der Waals surface area (Å²) in [5, 5.41) is 0. The molecule has 0 fully saturated rings. The highest BCUT2D eigenvalue weighted by Gasteiger charge is 1.85. The minimum absolute atomic E-state index is 0.781. The minimum Gasteiger partial charge on any atom is -0.399 e. The Hall–Kier alpha value is -3.00. The molecule has 2 aromatic carbocycles. The van der Waals surface area contributed by atoms with Gasteiger partial charge in [-0.3, -0.25) is 0 Å². The van der Waals surface area contributed by atoms with Crippen LogP contribution in [0.2, 0.25) is 0 Å². The molecule has 0 unspecified atom stereocenters. The molecule has 2 aromatic rings. The van der Waals surface area contributed by atoms with Crippen molar-refractivity contribution in [3.05, 3.63) is 96.1 Å². The molecule has 0 aliphatic carbocycles. The third-order valence-electron chi connectivity index (χ3n) is 3.01. The summed E-state index contributed by atoms with van der Waals surface area (Å²) in [5.74, 6) is 0. The number of nitrogens with two attached hydrogens (primary N) is 2. The molecule has 0 amide bonds. The van der Waals surface area contributed by atoms with Crippen LogP contribution in [0.1, 0.15) is 11.1 Å². The molecule has 0 spiro atoms. The van der Waals surface area contributed by atoms with E-state index in [9.17, 15) is 0 Å². The average Bonchev–Trinajstić information content (AvgIpc) is 2.53. The second-order valence-corrected chi connectivity index (χ2v) is 4.82. The summed E-state index contributed by atoms with van der Waals surface area (Å²) in [4.78, 5) is 0. The fraction of sp³-hybridized carbons (Fsp3) is 0. The van der Waals surface area contributed by atoms with Gasteiger partial charge in [-0.2, -0.15) is 0 Å². The van der Waals surface area contributed by atoms with Crippen molar-refractivity contribution in [3.63, 3.8) is 0 Å². The van der Waals surface area contributed by atoms with Crippen molar-refractivity contribution in [2.45, 2.75) is 0 Å². The third kappa shape index (κ3) is 5.55. The number of hydrogen-bond acceptors (Lipinski definition) is 2. The lowest BCUT2D eigenvalue weighted by Crippen LogP contribution is -1.82. The Morgan fingerprint density at radius 1 is 0.455 bits per heavy atom. The van der Waals surface area contributed by atoms with Gasteiger partial charge in [0.25, 0.3) is 0 Å². The van der Waals surface area contributed by atoms with Crippen LogP contribution in [-0.4, -0.2) is 0 Å². The van der Waals surface area contributed by atoms with Gasteiger partial charge in [0, 0.05) is 11.4 Å². The highest BCUT2D eigenvalue weighted by molar-refractivity contribution is 5.55. The van der Waals surface area contributed by atoms with Gasteiger partial charge in [0.05, 0.1) is 0 Å². The van der Waals surface area contributed by atoms with Crippen LogP contribution in [0.4, 0.5) is 11.4 Å². The predicted molar refractivity (Wildman–Crippen MR) is 98.1 cm³/mol. The molecule has 2 nitrogen and oxygen atoms in total. The quantitative estimate of drug-likeness (QED) is 0.619. The molecule has 2 heteroatoms. The molecule has 2 rings (SSSR count). The molecule has 0 radical (unpaired) electrons. The number of benzene rings is 2. The largest absolute Gasteiger partial charge is 0.399 e. The van der Waals surface area contributed by atoms with Gasteiger partial charge in [-0.15, -0.1) is 0 Å². The van der Waals surface area contributed by atoms with E-state index in [0.717, 1.165) is 22.5 Å². The van der Waals surface area contributed by atoms with Crippen molar-refractivity contribution in [1.82, 2.24) is 0 Å². The van der Waals surface area contributed by atoms with Gasteiger partial charge >= 0.3 is 0 Å². The Bertz CT molecular complexity index is 624. The maximum Gasteiger partial charge on any atom is 0.0314 e. The predicted octanol–water partition coefficient (Wildman–Crippen LogP) is 4.69. The van der Waals surface area contributed by atoms with E-state index in [1.165, 1.54) is 0 Å². The van der Waals surface area contributed by atoms with Gasteiger partial charge < -0.3 is 11.5 Å². The fourth-order valence-electron chi connectivity index (χ4n) is 1.80. The lowest BCUT2D eigenvalue weighted by atomic mass is 10.2. The molecule has 110 valence electrons. The summed E-state index contributed by atoms with van der Waals surface area (Å²) in [6.07, 6.45) is 16.0. The van der Waals surface area contributed by atoms with Crippen LogP contribution >= 0.6 is 0 Å². The molecule has 4 N–H and O–H groups in total. The summed E-state index contributed by atoms with van der Waals surface area (Å²) < 4.78 is 0. The van der Waals surface area contributed by atoms with Crippen LogP contribution in [0, 0.1) is 0 Å². The van der Waals surface area contributed by atoms with E-state index in [1.807, 2.05) is 97.1 Å². The smallest absolute Gasteiger partial charge is 0.0314 e. The number of rotatable bonds is 5. The second kappa shape index (κ2) is 8.32. The molecule has 0 saturated carbocycles. The minimum atomic E-state index is 0.781. The third-order valence-corrected chi connectivity index (χ3v) is 3.01. The second-order valence-electron chi connectivity index (χ2n) is 4.82. The summed E-state index contributed by atoms with van der Waals surface area (Å²) in [6, 6.07) is 15.5. The van der Waals surface area contributed by atoms with Gasteiger partial charge in [-0.1, -0.05) is 72.9 Å². The lowest BCUT2D eigenvalue weighted by molar-refractivity contribution is 1.64. The van der Waals surface area contributed by atoms with Gasteiger partial charge in [-0.05, 0) is 35.4 Å². The number of nitrogen functional groups attached to an aromatic ring is 2. The summed E-state index contributed by atoms with van der Waals surface area (Å²) in [5.41, 5.74) is 15.1. The Morgan fingerprint density at radius 2 is 0.773 bits per heavy atom. The van der Waals surface area contributed by atoms with E-state index in [0.29, 0.717) is 0 Å². The maximum absolute atomic E-state index is 5.64. The molecule has 0 bridgehead atoms. The van der Waals surface area contributed by atoms with E-state index in [4.69, 9.17) is 11.5 Å². The van der Waals surface area contributed by atoms with Crippen LogP contribution in [-0.2, 0) is 0 Å². The lowest BCUT2D eigenvalue weighted by Gasteiger charge is -1.93. The van der Waals surface area contributed by atoms with Crippen molar-refractivity contribution >= 4 is 23.5 Å². The first-order chi connectivity index (χ1) is 10.7. The number of allylic oxidation sites excluding steroid dienone is 6. The first-order valence-corrected chi connectivity index (χ1v) is 7.13. The van der Waals surface area contributed by atoms with E-state index in [2.05, 4.69) is 0 Å². The van der Waals surface area contributed by atoms with Crippen LogP contribution in [0.15, 0.2) is 85.0 Å². The number of hydrogen-bond donors (Lipinski definition) is 2. The van der Waals surface area contributed by atoms with Gasteiger partial charge in [0.2, 0.25) is 0 Å². The van der Waals surface area contributed by atoms with E-state index >= 15 is 0 Å². The fourth-order valence-corrected chi connectivity index (χ4v) is 1.80. The maximum atomic E-state index is 5.64. The van der Waals surface area contributed by atoms with E-state index < -0.39 is 0 Å². The molecule has 22 heavy (non-hydrogen) atoms. The molecule has 0 heterocycles. The van der Waals surface area contributed by atoms with Crippen LogP contribution in [0.3, 0.4) is 0 Å². The molecule has 0 aromatic heterocycles. The molecule has 0 saturated heterocycles. The molecular weight excluding hydrogens is 268 g/mol. The first-order valence-electron chi connectivity index (χ1n) is 7.13. The van der Waals surface area contributed by atoms with Crippen molar-refractivity contribution in [1.29, 1.82) is 0 Å². The van der Waals surface area contributed by atoms with E-state index in [-0.39, 0.29) is 0 Å². The van der Waals surface area contributed by atoms with Crippen molar-refractivity contribution in [2.75, 3.05) is 11.5 Å². The molecule has 0 atom stereocenters. The Kier molecular flexibility index (Phi) is 5.82.